The topological polar surface area (TPSA) is 142 Å². The van der Waals surface area contributed by atoms with Crippen molar-refractivity contribution in [1.82, 2.24) is 0 Å². The quantitative estimate of drug-likeness (QED) is 0.465. The van der Waals surface area contributed by atoms with Gasteiger partial charge in [0, 0.05) is 0 Å². The Balaban J connectivity index is 0. The first kappa shape index (κ1) is 206. The zero-order valence-electron chi connectivity index (χ0n) is 4.66. The van der Waals surface area contributed by atoms with Crippen molar-refractivity contribution in [1.29, 1.82) is 0 Å². The predicted molar refractivity (Wildman–Crippen MR) is 9.19 cm³/mol. The standard InChI is InChI=1S/5O.Sn.3Zn/q5*-2;+4;3*+2. The van der Waals surface area contributed by atoms with Crippen molar-refractivity contribution in [2.45, 2.75) is 0 Å². The Morgan fingerprint density at radius 1 is 0.333 bits per heavy atom. The van der Waals surface area contributed by atoms with E-state index in [4.69, 9.17) is 0 Å². The van der Waals surface area contributed by atoms with Gasteiger partial charge >= 0.3 is 82.3 Å². The first-order valence-corrected chi connectivity index (χ1v) is 0. The molecule has 0 atom stereocenters. The average molecular weight is 395 g/mol. The third-order valence-electron chi connectivity index (χ3n) is 0. The molecule has 0 aromatic rings. The summed E-state index contributed by atoms with van der Waals surface area (Å²) in [5.74, 6) is 0. The molecule has 40 valence electrons. The molecule has 0 saturated heterocycles. The zero-order chi connectivity index (χ0) is 0. The minimum absolute atomic E-state index is 0. The van der Waals surface area contributed by atoms with Gasteiger partial charge in [-0.25, -0.2) is 0 Å². The largest absolute Gasteiger partial charge is 4.00 e. The maximum Gasteiger partial charge on any atom is 4.00 e. The van der Waals surface area contributed by atoms with Crippen LogP contribution >= 0.6 is 0 Å². The van der Waals surface area contributed by atoms with E-state index in [0.717, 1.165) is 0 Å². The van der Waals surface area contributed by atoms with Crippen molar-refractivity contribution in [3.8, 4) is 0 Å². The van der Waals surface area contributed by atoms with E-state index < -0.39 is 0 Å². The molecule has 0 radical (unpaired) electrons. The summed E-state index contributed by atoms with van der Waals surface area (Å²) in [7, 11) is 0. The normalized spacial score (nSPS) is 0. The van der Waals surface area contributed by atoms with Crippen molar-refractivity contribution < 1.29 is 85.8 Å². The molecule has 0 aliphatic carbocycles. The Bertz CT molecular complexity index is 12.2. The van der Waals surface area contributed by atoms with E-state index in [-0.39, 0.29) is 110 Å². The van der Waals surface area contributed by atoms with E-state index in [0.29, 0.717) is 0 Å². The molecule has 0 rings (SSSR count). The van der Waals surface area contributed by atoms with E-state index in [1.807, 2.05) is 0 Å². The van der Waals surface area contributed by atoms with Crippen LogP contribution < -0.4 is 0 Å². The van der Waals surface area contributed by atoms with Crippen LogP contribution in [0.5, 0.6) is 0 Å². The Morgan fingerprint density at radius 2 is 0.333 bits per heavy atom. The molecule has 5 nitrogen and oxygen atoms in total. The van der Waals surface area contributed by atoms with E-state index in [1.54, 1.807) is 0 Å². The van der Waals surface area contributed by atoms with Crippen LogP contribution in [0.15, 0.2) is 0 Å². The van der Waals surface area contributed by atoms with E-state index in [9.17, 15) is 0 Å². The van der Waals surface area contributed by atoms with Crippen molar-refractivity contribution in [3.05, 3.63) is 0 Å². The third-order valence-corrected chi connectivity index (χ3v) is 0. The molecule has 0 saturated carbocycles. The summed E-state index contributed by atoms with van der Waals surface area (Å²) >= 11 is 0. The summed E-state index contributed by atoms with van der Waals surface area (Å²) in [4.78, 5) is 0. The molecule has 0 bridgehead atoms. The molecule has 0 aliphatic rings. The van der Waals surface area contributed by atoms with Crippen LogP contribution in [-0.2, 0) is 85.8 Å². The first-order chi connectivity index (χ1) is 0. The second-order valence-corrected chi connectivity index (χ2v) is 0. The maximum absolute atomic E-state index is 0. The molecule has 9 heavy (non-hydrogen) atoms. The summed E-state index contributed by atoms with van der Waals surface area (Å²) in [6.45, 7) is 0. The molecule has 0 amide bonds. The van der Waals surface area contributed by atoms with Crippen LogP contribution in [0.3, 0.4) is 0 Å². The molecule has 0 unspecified atom stereocenters. The molecule has 0 fully saturated rings. The number of rotatable bonds is 0. The summed E-state index contributed by atoms with van der Waals surface area (Å²) in [6, 6.07) is 0. The molecule has 0 aromatic carbocycles. The van der Waals surface area contributed by atoms with Gasteiger partial charge in [-0.2, -0.15) is 0 Å². The molecule has 0 spiro atoms. The maximum atomic E-state index is 0. The second kappa shape index (κ2) is 154. The van der Waals surface area contributed by atoms with Crippen LogP contribution in [0, 0.1) is 0 Å². The third kappa shape index (κ3) is 123. The van der Waals surface area contributed by atoms with Crippen LogP contribution in [0.2, 0.25) is 0 Å². The zero-order valence-corrected chi connectivity index (χ0v) is 16.4. The fraction of sp³-hybridized carbons (Fsp3) is 0. The number of hydrogen-bond donors (Lipinski definition) is 0. The Labute approximate surface area is 109 Å². The van der Waals surface area contributed by atoms with Gasteiger partial charge in [0.15, 0.2) is 0 Å². The molecule has 0 aliphatic heterocycles. The van der Waals surface area contributed by atoms with Gasteiger partial charge in [0.05, 0.1) is 0 Å². The van der Waals surface area contributed by atoms with Crippen LogP contribution in [0.1, 0.15) is 0 Å². The van der Waals surface area contributed by atoms with Gasteiger partial charge in [-0.05, 0) is 0 Å². The van der Waals surface area contributed by atoms with Gasteiger partial charge in [-0.3, -0.25) is 0 Å². The Kier molecular flexibility index (Phi) is 3530. The van der Waals surface area contributed by atoms with Gasteiger partial charge in [-0.1, -0.05) is 0 Å². The molecule has 0 aromatic heterocycles. The van der Waals surface area contributed by atoms with Crippen molar-refractivity contribution in [2.24, 2.45) is 0 Å². The first-order valence-electron chi connectivity index (χ1n) is 0. The van der Waals surface area contributed by atoms with Crippen LogP contribution in [0.4, 0.5) is 0 Å². The smallest absolute Gasteiger partial charge is 2.00 e. The number of hydrogen-bond acceptors (Lipinski definition) is 0. The van der Waals surface area contributed by atoms with Gasteiger partial charge in [0.25, 0.3) is 0 Å². The average Bonchev–Trinajstić information content (AvgIpc) is 0. The second-order valence-electron chi connectivity index (χ2n) is 0. The van der Waals surface area contributed by atoms with E-state index >= 15 is 0 Å². The van der Waals surface area contributed by atoms with Crippen LogP contribution in [0.25, 0.3) is 0 Å². The van der Waals surface area contributed by atoms with Gasteiger partial charge in [0.1, 0.15) is 0 Å². The monoisotopic (exact) mass is 392 g/mol. The summed E-state index contributed by atoms with van der Waals surface area (Å²) in [6.07, 6.45) is 0. The SMILES string of the molecule is [O-2].[O-2].[O-2].[O-2].[O-2].[Sn+4].[Zn+2].[Zn+2].[Zn+2]. The van der Waals surface area contributed by atoms with Crippen molar-refractivity contribution in [2.75, 3.05) is 0 Å². The summed E-state index contributed by atoms with van der Waals surface area (Å²) in [5, 5.41) is 0. The minimum atomic E-state index is 0. The van der Waals surface area contributed by atoms with E-state index in [1.165, 1.54) is 0 Å². The van der Waals surface area contributed by atoms with Gasteiger partial charge in [-0.15, -0.1) is 0 Å². The predicted octanol–water partition coefficient (Wildman–Crippen LogP) is -0.982. The van der Waals surface area contributed by atoms with Gasteiger partial charge in [0.2, 0.25) is 0 Å². The fourth-order valence-electron chi connectivity index (χ4n) is 0. The Morgan fingerprint density at radius 3 is 0.333 bits per heavy atom. The Hall–Kier alpha value is 2.47. The van der Waals surface area contributed by atoms with Crippen molar-refractivity contribution in [3.63, 3.8) is 0 Å². The van der Waals surface area contributed by atoms with Crippen LogP contribution in [-0.4, -0.2) is 23.9 Å². The summed E-state index contributed by atoms with van der Waals surface area (Å²) < 4.78 is 0. The van der Waals surface area contributed by atoms with E-state index in [2.05, 4.69) is 0 Å². The molecular formula is O5SnZn3. The van der Waals surface area contributed by atoms with Crippen molar-refractivity contribution >= 4 is 23.9 Å². The minimum Gasteiger partial charge on any atom is -2.00 e. The molecule has 9 heteroatoms. The molecule has 0 heterocycles. The summed E-state index contributed by atoms with van der Waals surface area (Å²) in [5.41, 5.74) is 0. The molecule has 0 N–H and O–H groups in total. The fourth-order valence-corrected chi connectivity index (χ4v) is 0. The molecular weight excluding hydrogens is 395 g/mol. The van der Waals surface area contributed by atoms with Gasteiger partial charge < -0.3 is 27.4 Å².